The first-order chi connectivity index (χ1) is 6.52. The second-order valence-corrected chi connectivity index (χ2v) is 6.35. The molecule has 0 bridgehead atoms. The highest BCUT2D eigenvalue weighted by Crippen LogP contribution is 2.53. The summed E-state index contributed by atoms with van der Waals surface area (Å²) in [6.45, 7) is 0. The number of rotatable bonds is 2. The van der Waals surface area contributed by atoms with Gasteiger partial charge in [-0.25, -0.2) is 0 Å². The molecule has 0 aromatic heterocycles. The van der Waals surface area contributed by atoms with E-state index in [1.54, 1.807) is 0 Å². The summed E-state index contributed by atoms with van der Waals surface area (Å²) < 4.78 is 27.2. The molecule has 3 nitrogen and oxygen atoms in total. The van der Waals surface area contributed by atoms with E-state index in [1.807, 2.05) is 0 Å². The van der Waals surface area contributed by atoms with Crippen molar-refractivity contribution >= 4 is 10.1 Å². The maximum absolute atomic E-state index is 11.0. The van der Waals surface area contributed by atoms with E-state index in [0.717, 1.165) is 31.9 Å². The molecule has 1 unspecified atom stereocenters. The van der Waals surface area contributed by atoms with Gasteiger partial charge >= 0.3 is 0 Å². The third-order valence-corrected chi connectivity index (χ3v) is 4.31. The van der Waals surface area contributed by atoms with E-state index in [2.05, 4.69) is 0 Å². The normalized spacial score (nSPS) is 31.4. The summed E-state index contributed by atoms with van der Waals surface area (Å²) >= 11 is 0. The minimum Gasteiger partial charge on any atom is -0.266 e. The first-order valence-electron chi connectivity index (χ1n) is 5.40. The van der Waals surface area contributed by atoms with Crippen LogP contribution in [0.5, 0.6) is 0 Å². The van der Waals surface area contributed by atoms with Crippen molar-refractivity contribution in [3.05, 3.63) is 0 Å². The van der Waals surface area contributed by atoms with Gasteiger partial charge in [0.25, 0.3) is 10.1 Å². The largest absolute Gasteiger partial charge is 0.266 e. The fourth-order valence-electron chi connectivity index (χ4n) is 2.86. The zero-order chi connectivity index (χ0) is 10.2. The smallest absolute Gasteiger partial charge is 0.264 e. The molecule has 4 heteroatoms. The Morgan fingerprint density at radius 3 is 2.21 bits per heavy atom. The molecule has 2 saturated carbocycles. The van der Waals surface area contributed by atoms with E-state index in [1.165, 1.54) is 19.3 Å². The lowest BCUT2D eigenvalue weighted by atomic mass is 9.59. The third kappa shape index (κ3) is 1.96. The maximum Gasteiger partial charge on any atom is 0.264 e. The van der Waals surface area contributed by atoms with E-state index >= 15 is 0 Å². The molecule has 2 aliphatic carbocycles. The molecule has 0 aromatic rings. The van der Waals surface area contributed by atoms with Crippen LogP contribution >= 0.6 is 0 Å². The zero-order valence-corrected chi connectivity index (χ0v) is 9.48. The molecule has 0 aromatic carbocycles. The SMILES string of the molecule is CS(=O)(=O)OC1CCC12CCCCC2. The highest BCUT2D eigenvalue weighted by atomic mass is 32.2. The molecule has 14 heavy (non-hydrogen) atoms. The van der Waals surface area contributed by atoms with Crippen LogP contribution in [0.4, 0.5) is 0 Å². The fraction of sp³-hybridized carbons (Fsp3) is 1.00. The van der Waals surface area contributed by atoms with Gasteiger partial charge in [0.1, 0.15) is 0 Å². The molecule has 2 fully saturated rings. The molecule has 0 N–H and O–H groups in total. The average molecular weight is 218 g/mol. The van der Waals surface area contributed by atoms with Crippen molar-refractivity contribution in [2.24, 2.45) is 5.41 Å². The fourth-order valence-corrected chi connectivity index (χ4v) is 3.58. The molecule has 1 atom stereocenters. The Hall–Kier alpha value is -0.0900. The van der Waals surface area contributed by atoms with Crippen molar-refractivity contribution in [3.8, 4) is 0 Å². The maximum atomic E-state index is 11.0. The topological polar surface area (TPSA) is 43.4 Å². The van der Waals surface area contributed by atoms with Gasteiger partial charge in [-0.1, -0.05) is 19.3 Å². The molecule has 0 aliphatic heterocycles. The molecule has 0 radical (unpaired) electrons. The van der Waals surface area contributed by atoms with Crippen molar-refractivity contribution in [1.82, 2.24) is 0 Å². The Bertz CT molecular complexity index is 301. The molecule has 82 valence electrons. The summed E-state index contributed by atoms with van der Waals surface area (Å²) in [6.07, 6.45) is 9.32. The van der Waals surface area contributed by atoms with Crippen LogP contribution < -0.4 is 0 Å². The van der Waals surface area contributed by atoms with Gasteiger partial charge in [0.05, 0.1) is 12.4 Å². The lowest BCUT2D eigenvalue weighted by Crippen LogP contribution is -2.48. The second-order valence-electron chi connectivity index (χ2n) is 4.75. The summed E-state index contributed by atoms with van der Waals surface area (Å²) in [5, 5.41) is 0. The average Bonchev–Trinajstić information content (AvgIpc) is 2.13. The van der Waals surface area contributed by atoms with E-state index in [-0.39, 0.29) is 11.5 Å². The van der Waals surface area contributed by atoms with Crippen LogP contribution in [0.1, 0.15) is 44.9 Å². The Labute approximate surface area is 86.0 Å². The zero-order valence-electron chi connectivity index (χ0n) is 8.66. The van der Waals surface area contributed by atoms with Crippen LogP contribution in [-0.4, -0.2) is 20.8 Å². The molecule has 2 rings (SSSR count). The minimum absolute atomic E-state index is 0.0159. The number of hydrogen-bond acceptors (Lipinski definition) is 3. The van der Waals surface area contributed by atoms with Gasteiger partial charge in [0, 0.05) is 0 Å². The Kier molecular flexibility index (Phi) is 2.60. The molecule has 1 spiro atoms. The molecule has 0 saturated heterocycles. The Morgan fingerprint density at radius 2 is 1.79 bits per heavy atom. The molecule has 2 aliphatic rings. The quantitative estimate of drug-likeness (QED) is 0.666. The van der Waals surface area contributed by atoms with E-state index in [4.69, 9.17) is 4.18 Å². The van der Waals surface area contributed by atoms with Crippen molar-refractivity contribution in [2.75, 3.05) is 6.26 Å². The van der Waals surface area contributed by atoms with Crippen molar-refractivity contribution in [2.45, 2.75) is 51.0 Å². The predicted molar refractivity (Wildman–Crippen MR) is 54.5 cm³/mol. The van der Waals surface area contributed by atoms with Gasteiger partial charge in [0.2, 0.25) is 0 Å². The van der Waals surface area contributed by atoms with E-state index in [9.17, 15) is 8.42 Å². The third-order valence-electron chi connectivity index (χ3n) is 3.73. The molecular formula is C10H18O3S. The van der Waals surface area contributed by atoms with Crippen LogP contribution in [0.2, 0.25) is 0 Å². The Morgan fingerprint density at radius 1 is 1.14 bits per heavy atom. The van der Waals surface area contributed by atoms with Gasteiger partial charge in [-0.15, -0.1) is 0 Å². The van der Waals surface area contributed by atoms with Crippen molar-refractivity contribution < 1.29 is 12.6 Å². The molecular weight excluding hydrogens is 200 g/mol. The highest BCUT2D eigenvalue weighted by molar-refractivity contribution is 7.86. The summed E-state index contributed by atoms with van der Waals surface area (Å²) in [6, 6.07) is 0. The summed E-state index contributed by atoms with van der Waals surface area (Å²) in [5.41, 5.74) is 0.224. The second kappa shape index (κ2) is 3.49. The first-order valence-corrected chi connectivity index (χ1v) is 7.22. The van der Waals surface area contributed by atoms with Gasteiger partial charge < -0.3 is 0 Å². The first kappa shape index (κ1) is 10.4. The van der Waals surface area contributed by atoms with Crippen LogP contribution in [-0.2, 0) is 14.3 Å². The van der Waals surface area contributed by atoms with Crippen LogP contribution in [0.3, 0.4) is 0 Å². The standard InChI is InChI=1S/C10H18O3S/c1-14(11,12)13-9-5-8-10(9)6-3-2-4-7-10/h9H,2-8H2,1H3. The van der Waals surface area contributed by atoms with Gasteiger partial charge in [-0.3, -0.25) is 4.18 Å². The highest BCUT2D eigenvalue weighted by Gasteiger charge is 2.49. The number of hydrogen-bond donors (Lipinski definition) is 0. The van der Waals surface area contributed by atoms with Crippen LogP contribution in [0, 0.1) is 5.41 Å². The van der Waals surface area contributed by atoms with Gasteiger partial charge in [-0.2, -0.15) is 8.42 Å². The molecule has 0 amide bonds. The summed E-state index contributed by atoms with van der Waals surface area (Å²) in [7, 11) is -3.26. The van der Waals surface area contributed by atoms with Crippen molar-refractivity contribution in [1.29, 1.82) is 0 Å². The van der Waals surface area contributed by atoms with Crippen molar-refractivity contribution in [3.63, 3.8) is 0 Å². The van der Waals surface area contributed by atoms with Crippen LogP contribution in [0.15, 0.2) is 0 Å². The van der Waals surface area contributed by atoms with E-state index < -0.39 is 10.1 Å². The Balaban J connectivity index is 2.00. The summed E-state index contributed by atoms with van der Waals surface area (Å²) in [5.74, 6) is 0. The summed E-state index contributed by atoms with van der Waals surface area (Å²) in [4.78, 5) is 0. The lowest BCUT2D eigenvalue weighted by Gasteiger charge is -2.50. The predicted octanol–water partition coefficient (Wildman–Crippen LogP) is 2.08. The monoisotopic (exact) mass is 218 g/mol. The van der Waals surface area contributed by atoms with E-state index in [0.29, 0.717) is 0 Å². The van der Waals surface area contributed by atoms with Gasteiger partial charge in [-0.05, 0) is 31.1 Å². The lowest BCUT2D eigenvalue weighted by molar-refractivity contribution is -0.0665. The van der Waals surface area contributed by atoms with Crippen LogP contribution in [0.25, 0.3) is 0 Å². The minimum atomic E-state index is -3.26. The van der Waals surface area contributed by atoms with Gasteiger partial charge in [0.15, 0.2) is 0 Å². The molecule has 0 heterocycles.